The Bertz CT molecular complexity index is 1020. The van der Waals surface area contributed by atoms with Crippen molar-refractivity contribution in [2.24, 2.45) is 23.2 Å². The van der Waals surface area contributed by atoms with Crippen LogP contribution in [0.2, 0.25) is 0 Å². The Labute approximate surface area is 192 Å². The van der Waals surface area contributed by atoms with Crippen molar-refractivity contribution < 1.29 is 14.2 Å². The molecule has 1 amide bonds. The number of hydrogen-bond acceptors (Lipinski definition) is 7. The number of hydrogen-bond donors (Lipinski definition) is 0. The third-order valence-electron chi connectivity index (χ3n) is 8.31. The zero-order valence-electron chi connectivity index (χ0n) is 18.7. The van der Waals surface area contributed by atoms with Crippen LogP contribution in [0.5, 0.6) is 0 Å². The minimum absolute atomic E-state index is 0.0310. The Morgan fingerprint density at radius 2 is 1.64 bits per heavy atom. The van der Waals surface area contributed by atoms with Gasteiger partial charge in [-0.2, -0.15) is 4.98 Å². The zero-order valence-corrected chi connectivity index (χ0v) is 18.7. The maximum Gasteiger partial charge on any atom is 0.269 e. The molecule has 5 fully saturated rings. The van der Waals surface area contributed by atoms with E-state index in [9.17, 15) is 14.9 Å². The van der Waals surface area contributed by atoms with E-state index >= 15 is 0 Å². The van der Waals surface area contributed by atoms with Gasteiger partial charge in [-0.25, -0.2) is 0 Å². The summed E-state index contributed by atoms with van der Waals surface area (Å²) in [5, 5.41) is 14.9. The SMILES string of the molecule is O=C(N1CCN(Cc2nc(-c3ccc([N+](=O)[O-])cc3)no2)CC1)C12CC3CC(CC(C3)C1)C2. The quantitative estimate of drug-likeness (QED) is 0.506. The maximum absolute atomic E-state index is 13.6. The number of nitrogens with zero attached hydrogens (tertiary/aromatic N) is 5. The van der Waals surface area contributed by atoms with Crippen LogP contribution < -0.4 is 0 Å². The molecule has 1 aliphatic heterocycles. The van der Waals surface area contributed by atoms with Crippen molar-refractivity contribution in [2.45, 2.75) is 45.1 Å². The van der Waals surface area contributed by atoms with Crippen molar-refractivity contribution in [3.8, 4) is 11.4 Å². The number of nitro benzene ring substituents is 1. The highest BCUT2D eigenvalue weighted by Gasteiger charge is 2.55. The molecule has 5 aliphatic rings. The smallest absolute Gasteiger partial charge is 0.269 e. The highest BCUT2D eigenvalue weighted by molar-refractivity contribution is 5.83. The molecule has 9 heteroatoms. The van der Waals surface area contributed by atoms with Crippen molar-refractivity contribution >= 4 is 11.6 Å². The topological polar surface area (TPSA) is 106 Å². The Hall–Kier alpha value is -2.81. The first kappa shape index (κ1) is 20.8. The van der Waals surface area contributed by atoms with Gasteiger partial charge in [0.2, 0.25) is 17.6 Å². The van der Waals surface area contributed by atoms with Gasteiger partial charge in [-0.3, -0.25) is 19.8 Å². The summed E-state index contributed by atoms with van der Waals surface area (Å²) >= 11 is 0. The molecule has 1 aromatic carbocycles. The van der Waals surface area contributed by atoms with E-state index in [-0.39, 0.29) is 11.1 Å². The lowest BCUT2D eigenvalue weighted by Crippen LogP contribution is -2.58. The van der Waals surface area contributed by atoms with Gasteiger partial charge in [0.1, 0.15) is 0 Å². The van der Waals surface area contributed by atoms with Crippen LogP contribution in [0.3, 0.4) is 0 Å². The van der Waals surface area contributed by atoms with E-state index in [1.54, 1.807) is 12.1 Å². The van der Waals surface area contributed by atoms with Crippen molar-refractivity contribution in [3.05, 3.63) is 40.3 Å². The Balaban J connectivity index is 1.05. The molecule has 0 atom stereocenters. The van der Waals surface area contributed by atoms with Crippen molar-refractivity contribution in [1.82, 2.24) is 19.9 Å². The van der Waals surface area contributed by atoms with E-state index in [4.69, 9.17) is 4.52 Å². The number of carbonyl (C=O) groups is 1. The molecule has 7 rings (SSSR count). The first-order chi connectivity index (χ1) is 16.0. The molecular weight excluding hydrogens is 422 g/mol. The molecule has 1 aromatic heterocycles. The Kier molecular flexibility index (Phi) is 4.97. The second-order valence-electron chi connectivity index (χ2n) is 10.6. The van der Waals surface area contributed by atoms with Gasteiger partial charge < -0.3 is 9.42 Å². The molecule has 0 spiro atoms. The normalized spacial score (nSPS) is 31.2. The minimum Gasteiger partial charge on any atom is -0.340 e. The van der Waals surface area contributed by atoms with Crippen molar-refractivity contribution in [3.63, 3.8) is 0 Å². The standard InChI is InChI=1S/C24H29N5O4/c30-23(24-12-16-9-17(13-24)11-18(10-16)14-24)28-7-5-27(6-8-28)15-21-25-22(26-33-21)19-1-3-20(4-2-19)29(31)32/h1-4,16-18H,5-15H2. The van der Waals surface area contributed by atoms with Crippen LogP contribution in [0.15, 0.2) is 28.8 Å². The lowest BCUT2D eigenvalue weighted by Gasteiger charge is -2.57. The van der Waals surface area contributed by atoms with Gasteiger partial charge >= 0.3 is 0 Å². The number of nitro groups is 1. The van der Waals surface area contributed by atoms with Crippen molar-refractivity contribution in [2.75, 3.05) is 26.2 Å². The molecule has 0 radical (unpaired) electrons. The third-order valence-corrected chi connectivity index (χ3v) is 8.31. The second kappa shape index (κ2) is 7.90. The average Bonchev–Trinajstić information content (AvgIpc) is 3.27. The predicted octanol–water partition coefficient (Wildman–Crippen LogP) is 3.51. The summed E-state index contributed by atoms with van der Waals surface area (Å²) in [6, 6.07) is 6.13. The van der Waals surface area contributed by atoms with E-state index in [0.29, 0.717) is 29.7 Å². The Morgan fingerprint density at radius 1 is 1.03 bits per heavy atom. The van der Waals surface area contributed by atoms with E-state index < -0.39 is 4.92 Å². The molecule has 2 heterocycles. The van der Waals surface area contributed by atoms with Gasteiger partial charge in [0.25, 0.3) is 5.69 Å². The van der Waals surface area contributed by atoms with Gasteiger partial charge in [0.15, 0.2) is 0 Å². The van der Waals surface area contributed by atoms with Crippen LogP contribution >= 0.6 is 0 Å². The van der Waals surface area contributed by atoms with Gasteiger partial charge in [0.05, 0.1) is 16.9 Å². The van der Waals surface area contributed by atoms with E-state index in [1.807, 2.05) is 0 Å². The summed E-state index contributed by atoms with van der Waals surface area (Å²) in [6.07, 6.45) is 7.41. The summed E-state index contributed by atoms with van der Waals surface area (Å²) in [4.78, 5) is 32.8. The first-order valence-electron chi connectivity index (χ1n) is 12.1. The minimum atomic E-state index is -0.432. The number of benzene rings is 1. The molecule has 9 nitrogen and oxygen atoms in total. The summed E-state index contributed by atoms with van der Waals surface area (Å²) < 4.78 is 5.42. The van der Waals surface area contributed by atoms with Gasteiger partial charge in [-0.05, 0) is 68.4 Å². The number of amides is 1. The molecule has 4 aliphatic carbocycles. The second-order valence-corrected chi connectivity index (χ2v) is 10.6. The maximum atomic E-state index is 13.6. The lowest BCUT2D eigenvalue weighted by molar-refractivity contribution is -0.384. The molecule has 174 valence electrons. The summed E-state index contributed by atoms with van der Waals surface area (Å²) in [7, 11) is 0. The van der Waals surface area contributed by atoms with E-state index in [2.05, 4.69) is 19.9 Å². The fraction of sp³-hybridized carbons (Fsp3) is 0.625. The molecule has 0 unspecified atom stereocenters. The fourth-order valence-corrected chi connectivity index (χ4v) is 7.18. The number of non-ortho nitro benzene ring substituents is 1. The molecule has 4 bridgehead atoms. The average molecular weight is 452 g/mol. The largest absolute Gasteiger partial charge is 0.340 e. The van der Waals surface area contributed by atoms with Gasteiger partial charge in [-0.1, -0.05) is 5.16 Å². The first-order valence-corrected chi connectivity index (χ1v) is 12.1. The van der Waals surface area contributed by atoms with Crippen LogP contribution in [0.1, 0.15) is 44.4 Å². The van der Waals surface area contributed by atoms with Crippen LogP contribution in [0, 0.1) is 33.3 Å². The van der Waals surface area contributed by atoms with Crippen LogP contribution in [-0.4, -0.2) is 56.9 Å². The number of rotatable bonds is 5. The lowest BCUT2D eigenvalue weighted by atomic mass is 9.49. The number of carbonyl (C=O) groups excluding carboxylic acids is 1. The van der Waals surface area contributed by atoms with Crippen LogP contribution in [0.25, 0.3) is 11.4 Å². The highest BCUT2D eigenvalue weighted by Crippen LogP contribution is 2.60. The fourth-order valence-electron chi connectivity index (χ4n) is 7.18. The molecule has 1 saturated heterocycles. The third kappa shape index (κ3) is 3.82. The summed E-state index contributed by atoms with van der Waals surface area (Å²) in [5.74, 6) is 3.70. The van der Waals surface area contributed by atoms with Gasteiger partial charge in [0, 0.05) is 43.9 Å². The Morgan fingerprint density at radius 3 is 2.21 bits per heavy atom. The van der Waals surface area contributed by atoms with Crippen LogP contribution in [0.4, 0.5) is 5.69 Å². The molecular formula is C24H29N5O4. The molecule has 2 aromatic rings. The monoisotopic (exact) mass is 451 g/mol. The summed E-state index contributed by atoms with van der Waals surface area (Å²) in [6.45, 7) is 3.65. The summed E-state index contributed by atoms with van der Waals surface area (Å²) in [5.41, 5.74) is 0.647. The molecule has 33 heavy (non-hydrogen) atoms. The number of aromatic nitrogens is 2. The van der Waals surface area contributed by atoms with Gasteiger partial charge in [-0.15, -0.1) is 0 Å². The van der Waals surface area contributed by atoms with Crippen molar-refractivity contribution in [1.29, 1.82) is 0 Å². The van der Waals surface area contributed by atoms with Crippen LogP contribution in [-0.2, 0) is 11.3 Å². The number of piperazine rings is 1. The zero-order chi connectivity index (χ0) is 22.6. The predicted molar refractivity (Wildman–Crippen MR) is 119 cm³/mol. The van der Waals surface area contributed by atoms with E-state index in [0.717, 1.165) is 63.2 Å². The highest BCUT2D eigenvalue weighted by atomic mass is 16.6. The van der Waals surface area contributed by atoms with E-state index in [1.165, 1.54) is 31.4 Å². The molecule has 0 N–H and O–H groups in total. The molecule has 4 saturated carbocycles.